The van der Waals surface area contributed by atoms with Crippen LogP contribution in [-0.4, -0.2) is 96.9 Å². The van der Waals surface area contributed by atoms with Crippen LogP contribution in [0.5, 0.6) is 0 Å². The Morgan fingerprint density at radius 3 is 2.34 bits per heavy atom. The van der Waals surface area contributed by atoms with Crippen LogP contribution in [0.1, 0.15) is 30.8 Å². The summed E-state index contributed by atoms with van der Waals surface area (Å²) in [4.78, 5) is 4.66. The Bertz CT molecular complexity index is 1290. The predicted octanol–water partition coefficient (Wildman–Crippen LogP) is 2.35. The zero-order chi connectivity index (χ0) is 20.5. The topological polar surface area (TPSA) is 121 Å². The van der Waals surface area contributed by atoms with Gasteiger partial charge in [-0.1, -0.05) is 62.4 Å². The molecule has 0 aliphatic rings. The summed E-state index contributed by atoms with van der Waals surface area (Å²) in [6.07, 6.45) is 3.91. The third-order valence-corrected chi connectivity index (χ3v) is 5.29. The molecule has 3 aromatic heterocycles. The van der Waals surface area contributed by atoms with Crippen molar-refractivity contribution < 1.29 is 5.48 Å². The predicted molar refractivity (Wildman–Crippen MR) is 123 cm³/mol. The molecule has 0 saturated carbocycles. The molecule has 0 fully saturated rings. The smallest absolute Gasteiger partial charge is 0.205 e. The number of fused-ring (bicyclic) bond motifs is 1. The second-order valence-electron chi connectivity index (χ2n) is 7.18. The monoisotopic (exact) mass is 455 g/mol. The number of nitrogens with one attached hydrogen (secondary N) is 1. The van der Waals surface area contributed by atoms with Crippen LogP contribution in [0.4, 0.5) is 0 Å². The Hall–Kier alpha value is -2.21. The molecule has 2 aromatic carbocycles. The van der Waals surface area contributed by atoms with Gasteiger partial charge in [0.25, 0.3) is 0 Å². The fraction of sp³-hybridized carbons (Fsp3) is 0.227. The number of H-pyrrole nitrogens is 1. The summed E-state index contributed by atoms with van der Waals surface area (Å²) < 4.78 is 4.06. The molecule has 0 unspecified atom stereocenters. The summed E-state index contributed by atoms with van der Waals surface area (Å²) in [7, 11) is 0. The molecule has 3 N–H and O–H groups in total. The van der Waals surface area contributed by atoms with Crippen LogP contribution in [0.3, 0.4) is 0 Å². The second-order valence-corrected chi connectivity index (χ2v) is 7.18. The maximum Gasteiger partial charge on any atom is 0.205 e. The van der Waals surface area contributed by atoms with Crippen LogP contribution >= 0.6 is 0 Å². The van der Waals surface area contributed by atoms with E-state index in [1.807, 2.05) is 22.8 Å². The number of aromatic nitrogens is 8. The molecule has 0 spiro atoms. The fourth-order valence-electron chi connectivity index (χ4n) is 3.71. The first-order valence-corrected chi connectivity index (χ1v) is 10.1. The minimum absolute atomic E-state index is 0. The van der Waals surface area contributed by atoms with Crippen molar-refractivity contribution in [1.82, 2.24) is 40.0 Å². The summed E-state index contributed by atoms with van der Waals surface area (Å²) in [5.74, 6) is 1.47. The van der Waals surface area contributed by atoms with Crippen molar-refractivity contribution >= 4 is 57.0 Å². The zero-order valence-electron chi connectivity index (χ0n) is 18.4. The van der Waals surface area contributed by atoms with E-state index in [0.717, 1.165) is 47.5 Å². The summed E-state index contributed by atoms with van der Waals surface area (Å²) in [6.45, 7) is 4.96. The number of aromatic amines is 1. The zero-order valence-corrected chi connectivity index (χ0v) is 21.6. The molecule has 3 heterocycles. The van der Waals surface area contributed by atoms with E-state index in [4.69, 9.17) is 0 Å². The van der Waals surface area contributed by atoms with E-state index in [1.54, 1.807) is 0 Å². The third kappa shape index (κ3) is 4.61. The number of rotatable bonds is 6. The van der Waals surface area contributed by atoms with E-state index in [-0.39, 0.29) is 56.9 Å². The van der Waals surface area contributed by atoms with E-state index in [1.165, 1.54) is 11.1 Å². The van der Waals surface area contributed by atoms with Crippen LogP contribution in [0.15, 0.2) is 54.7 Å². The van der Waals surface area contributed by atoms with Gasteiger partial charge < -0.3 is 5.48 Å². The van der Waals surface area contributed by atoms with Crippen LogP contribution in [0.2, 0.25) is 0 Å². The fourth-order valence-corrected chi connectivity index (χ4v) is 3.71. The molecule has 0 bridgehead atoms. The van der Waals surface area contributed by atoms with Crippen molar-refractivity contribution in [1.29, 1.82) is 0 Å². The summed E-state index contributed by atoms with van der Waals surface area (Å²) >= 11 is 0. The standard InChI is InChI=1S/C22H22N8.K.H2O/c1-3-16-14-29(30-22(16)23-20(4-2)26-30)13-15-9-11-17(12-10-15)18-7-5-6-8-19(18)21-24-27-28-25-21;;/h5-12,14H,3-4,13H2,1-2H3,(H,24,25,27,28);;1H2. The van der Waals surface area contributed by atoms with E-state index >= 15 is 0 Å². The summed E-state index contributed by atoms with van der Waals surface area (Å²) in [5, 5.41) is 19.1. The van der Waals surface area contributed by atoms with Crippen molar-refractivity contribution in [2.75, 3.05) is 0 Å². The van der Waals surface area contributed by atoms with E-state index in [2.05, 4.69) is 85.8 Å². The maximum absolute atomic E-state index is 4.66. The molecule has 10 heteroatoms. The maximum atomic E-state index is 4.66. The molecular weight excluding hydrogens is 431 g/mol. The molecule has 5 rings (SSSR count). The molecule has 9 nitrogen and oxygen atoms in total. The van der Waals surface area contributed by atoms with Gasteiger partial charge in [0.05, 0.1) is 6.54 Å². The molecule has 0 amide bonds. The molecule has 1 radical (unpaired) electrons. The normalized spacial score (nSPS) is 10.7. The first-order chi connectivity index (χ1) is 14.8. The van der Waals surface area contributed by atoms with Crippen LogP contribution in [0.25, 0.3) is 28.2 Å². The van der Waals surface area contributed by atoms with Crippen molar-refractivity contribution in [2.45, 2.75) is 33.2 Å². The van der Waals surface area contributed by atoms with Crippen molar-refractivity contribution in [3.05, 3.63) is 71.7 Å². The van der Waals surface area contributed by atoms with Gasteiger partial charge in [0.15, 0.2) is 11.5 Å². The molecule has 0 saturated heterocycles. The number of aryl methyl sites for hydroxylation is 2. The molecular formula is C22H24KN8O. The quantitative estimate of drug-likeness (QED) is 0.394. The van der Waals surface area contributed by atoms with Gasteiger partial charge in [-0.3, -0.25) is 4.68 Å². The molecule has 0 aliphatic carbocycles. The minimum Gasteiger partial charge on any atom is -0.412 e. The van der Waals surface area contributed by atoms with Crippen LogP contribution in [0, 0.1) is 0 Å². The Balaban J connectivity index is 0.00000144. The van der Waals surface area contributed by atoms with E-state index < -0.39 is 0 Å². The summed E-state index contributed by atoms with van der Waals surface area (Å²) in [6, 6.07) is 16.6. The first kappa shape index (κ1) is 24.4. The van der Waals surface area contributed by atoms with Crippen molar-refractivity contribution in [2.24, 2.45) is 0 Å². The number of nitrogens with zero attached hydrogens (tertiary/aromatic N) is 7. The third-order valence-electron chi connectivity index (χ3n) is 5.29. The van der Waals surface area contributed by atoms with Crippen LogP contribution in [-0.2, 0) is 19.4 Å². The van der Waals surface area contributed by atoms with Crippen molar-refractivity contribution in [3.63, 3.8) is 0 Å². The Morgan fingerprint density at radius 1 is 0.938 bits per heavy atom. The number of benzene rings is 2. The average molecular weight is 456 g/mol. The Kier molecular flexibility index (Phi) is 8.09. The SMILES string of the molecule is CCc1nc2c(CC)cn(Cc3ccc(-c4ccccc4-c4nn[nH]n4)cc3)n2n1.O.[K]. The van der Waals surface area contributed by atoms with E-state index in [9.17, 15) is 0 Å². The second kappa shape index (κ2) is 10.6. The largest absolute Gasteiger partial charge is 0.412 e. The number of hydrogen-bond donors (Lipinski definition) is 1. The molecule has 32 heavy (non-hydrogen) atoms. The van der Waals surface area contributed by atoms with Gasteiger partial charge in [-0.2, -0.15) is 9.84 Å². The number of tetrazole rings is 1. The minimum atomic E-state index is 0. The first-order valence-electron chi connectivity index (χ1n) is 10.1. The molecule has 0 atom stereocenters. The van der Waals surface area contributed by atoms with Crippen molar-refractivity contribution in [3.8, 4) is 22.5 Å². The van der Waals surface area contributed by atoms with Gasteiger partial charge in [0, 0.05) is 75.1 Å². The van der Waals surface area contributed by atoms with Crippen LogP contribution < -0.4 is 0 Å². The van der Waals surface area contributed by atoms with Gasteiger partial charge in [0.1, 0.15) is 0 Å². The Morgan fingerprint density at radius 2 is 1.69 bits per heavy atom. The van der Waals surface area contributed by atoms with Gasteiger partial charge in [-0.15, -0.1) is 15.3 Å². The van der Waals surface area contributed by atoms with Gasteiger partial charge in [-0.05, 0) is 28.3 Å². The van der Waals surface area contributed by atoms with Gasteiger partial charge in [-0.25, -0.2) is 4.98 Å². The van der Waals surface area contributed by atoms with Gasteiger partial charge >= 0.3 is 0 Å². The summed E-state index contributed by atoms with van der Waals surface area (Å²) in [5.41, 5.74) is 6.51. The molecule has 0 aliphatic heterocycles. The average Bonchev–Trinajstić information content (AvgIpc) is 3.52. The van der Waals surface area contributed by atoms with E-state index in [0.29, 0.717) is 5.82 Å². The molecule has 5 aromatic rings. The Labute approximate surface area is 228 Å². The van der Waals surface area contributed by atoms with Gasteiger partial charge in [0.2, 0.25) is 5.82 Å². The molecule has 159 valence electrons. The number of hydrogen-bond acceptors (Lipinski definition) is 5.